The zero-order chi connectivity index (χ0) is 26.7. The summed E-state index contributed by atoms with van der Waals surface area (Å²) in [4.78, 5) is 44.8. The van der Waals surface area contributed by atoms with Crippen molar-refractivity contribution >= 4 is 23.5 Å². The average molecular weight is 513 g/mol. The van der Waals surface area contributed by atoms with Gasteiger partial charge >= 0.3 is 5.97 Å². The lowest BCUT2D eigenvalue weighted by Crippen LogP contribution is -2.56. The van der Waals surface area contributed by atoms with Crippen molar-refractivity contribution < 1.29 is 29.0 Å². The number of likely N-dealkylation sites (tertiary alicyclic amines) is 1. The van der Waals surface area contributed by atoms with E-state index >= 15 is 0 Å². The zero-order valence-corrected chi connectivity index (χ0v) is 22.3. The molecule has 3 saturated heterocycles. The monoisotopic (exact) mass is 512 g/mol. The number of carbonyl (C=O) groups excluding carboxylic acids is 3. The molecule has 1 aromatic rings. The molecule has 8 heteroatoms. The number of benzene rings is 1. The Bertz CT molecular complexity index is 1040. The van der Waals surface area contributed by atoms with Gasteiger partial charge in [-0.15, -0.1) is 6.58 Å². The molecule has 0 aliphatic carbocycles. The van der Waals surface area contributed by atoms with Crippen LogP contribution < -0.4 is 4.90 Å². The largest absolute Gasteiger partial charge is 0.466 e. The van der Waals surface area contributed by atoms with Gasteiger partial charge in [-0.25, -0.2) is 0 Å². The Hall–Kier alpha value is -2.71. The van der Waals surface area contributed by atoms with E-state index in [0.29, 0.717) is 38.8 Å². The van der Waals surface area contributed by atoms with Gasteiger partial charge in [-0.1, -0.05) is 31.1 Å². The second kappa shape index (κ2) is 11.4. The Morgan fingerprint density at radius 2 is 2.03 bits per heavy atom. The number of ether oxygens (including phenoxy) is 2. The van der Waals surface area contributed by atoms with Crippen LogP contribution in [0.25, 0.3) is 0 Å². The van der Waals surface area contributed by atoms with Crippen molar-refractivity contribution in [3.63, 3.8) is 0 Å². The van der Waals surface area contributed by atoms with Crippen molar-refractivity contribution in [2.24, 2.45) is 11.8 Å². The summed E-state index contributed by atoms with van der Waals surface area (Å²) in [5.41, 5.74) is 1.73. The van der Waals surface area contributed by atoms with Crippen molar-refractivity contribution in [2.75, 3.05) is 31.2 Å². The Morgan fingerprint density at radius 1 is 1.27 bits per heavy atom. The summed E-state index contributed by atoms with van der Waals surface area (Å²) in [6, 6.07) is 5.15. The summed E-state index contributed by atoms with van der Waals surface area (Å²) in [6.45, 7) is 10.6. The van der Waals surface area contributed by atoms with Crippen LogP contribution in [-0.4, -0.2) is 71.8 Å². The number of esters is 1. The Labute approximate surface area is 219 Å². The molecule has 3 fully saturated rings. The maximum absolute atomic E-state index is 14.5. The molecule has 202 valence electrons. The van der Waals surface area contributed by atoms with Crippen molar-refractivity contribution in [2.45, 2.75) is 77.0 Å². The molecule has 0 aromatic heterocycles. The molecule has 1 spiro atoms. The number of hydrogen-bond donors (Lipinski definition) is 1. The van der Waals surface area contributed by atoms with E-state index in [1.165, 1.54) is 0 Å². The molecule has 5 atom stereocenters. The minimum Gasteiger partial charge on any atom is -0.466 e. The van der Waals surface area contributed by atoms with Crippen molar-refractivity contribution in [3.05, 3.63) is 42.0 Å². The number of aliphatic hydroxyl groups excluding tert-OH is 1. The zero-order valence-electron chi connectivity index (χ0n) is 22.3. The minimum atomic E-state index is -1.04. The molecule has 0 saturated carbocycles. The molecule has 1 N–H and O–H groups in total. The highest BCUT2D eigenvalue weighted by Gasteiger charge is 2.75. The molecular formula is C29H40N2O6. The molecule has 3 aliphatic heterocycles. The first-order valence-electron chi connectivity index (χ1n) is 13.6. The van der Waals surface area contributed by atoms with E-state index in [9.17, 15) is 14.4 Å². The average Bonchev–Trinajstić information content (AvgIpc) is 3.51. The molecule has 0 unspecified atom stereocenters. The van der Waals surface area contributed by atoms with Crippen LogP contribution in [0, 0.1) is 25.7 Å². The molecular weight excluding hydrogens is 472 g/mol. The molecule has 8 nitrogen and oxygen atoms in total. The van der Waals surface area contributed by atoms with Gasteiger partial charge < -0.3 is 24.4 Å². The van der Waals surface area contributed by atoms with Gasteiger partial charge in [-0.05, 0) is 63.6 Å². The van der Waals surface area contributed by atoms with Gasteiger partial charge in [0.15, 0.2) is 0 Å². The van der Waals surface area contributed by atoms with Gasteiger partial charge in [-0.3, -0.25) is 14.4 Å². The van der Waals surface area contributed by atoms with E-state index in [2.05, 4.69) is 6.58 Å². The number of hydrogen-bond acceptors (Lipinski definition) is 6. The maximum Gasteiger partial charge on any atom is 0.312 e. The summed E-state index contributed by atoms with van der Waals surface area (Å²) in [5.74, 6) is -2.23. The molecule has 1 aromatic carbocycles. The van der Waals surface area contributed by atoms with E-state index in [4.69, 9.17) is 14.6 Å². The summed E-state index contributed by atoms with van der Waals surface area (Å²) < 4.78 is 11.8. The number of nitrogens with zero attached hydrogens (tertiary/aromatic N) is 2. The quantitative estimate of drug-likeness (QED) is 0.262. The minimum absolute atomic E-state index is 0.137. The molecule has 0 radical (unpaired) electrons. The van der Waals surface area contributed by atoms with Gasteiger partial charge in [-0.2, -0.15) is 0 Å². The standard InChI is InChI=1S/C29H40N2O6/c1-5-15-30(21-18-19(3)11-12-20(21)4)27(34)25-29-14-13-22(37-29)23(28(35)36-6-2)24(29)26(33)31(25)16-9-7-8-10-17-32/h5,11-12,18,22-25,32H,1,6-10,13-17H2,2-4H3/t22-,23+,24+,25-,29+/m0/s1. The molecule has 2 bridgehead atoms. The third-order valence-electron chi connectivity index (χ3n) is 8.13. The molecule has 2 amide bonds. The first kappa shape index (κ1) is 27.3. The fourth-order valence-electron chi connectivity index (χ4n) is 6.52. The normalized spacial score (nSPS) is 27.9. The highest BCUT2D eigenvalue weighted by molar-refractivity contribution is 6.05. The second-order valence-electron chi connectivity index (χ2n) is 10.5. The lowest BCUT2D eigenvalue weighted by Gasteiger charge is -2.37. The van der Waals surface area contributed by atoms with E-state index in [1.54, 1.807) is 22.8 Å². The SMILES string of the molecule is C=CCN(C(=O)[C@@H]1N(CCCCCCO)C(=O)[C@H]2[C@H](C(=O)OCC)[C@@H]3CC[C@]12O3)c1cc(C)ccc1C. The lowest BCUT2D eigenvalue weighted by atomic mass is 9.70. The van der Waals surface area contributed by atoms with Crippen LogP contribution in [0.5, 0.6) is 0 Å². The van der Waals surface area contributed by atoms with E-state index in [1.807, 2.05) is 32.0 Å². The van der Waals surface area contributed by atoms with Gasteiger partial charge in [0, 0.05) is 25.4 Å². The number of fused-ring (bicyclic) bond motifs is 1. The molecule has 4 rings (SSSR count). The Balaban J connectivity index is 1.72. The van der Waals surface area contributed by atoms with Crippen molar-refractivity contribution in [1.82, 2.24) is 4.90 Å². The highest BCUT2D eigenvalue weighted by Crippen LogP contribution is 2.59. The highest BCUT2D eigenvalue weighted by atomic mass is 16.6. The topological polar surface area (TPSA) is 96.4 Å². The van der Waals surface area contributed by atoms with Crippen molar-refractivity contribution in [3.8, 4) is 0 Å². The summed E-state index contributed by atoms with van der Waals surface area (Å²) in [5, 5.41) is 9.12. The fraction of sp³-hybridized carbons (Fsp3) is 0.621. The van der Waals surface area contributed by atoms with Crippen molar-refractivity contribution in [1.29, 1.82) is 0 Å². The predicted octanol–water partition coefficient (Wildman–Crippen LogP) is 3.31. The fourth-order valence-corrected chi connectivity index (χ4v) is 6.52. The number of rotatable bonds is 12. The van der Waals surface area contributed by atoms with E-state index in [-0.39, 0.29) is 25.0 Å². The smallest absolute Gasteiger partial charge is 0.312 e. The number of amides is 2. The van der Waals surface area contributed by atoms with E-state index in [0.717, 1.165) is 29.7 Å². The van der Waals surface area contributed by atoms with Crippen LogP contribution in [-0.2, 0) is 23.9 Å². The van der Waals surface area contributed by atoms with Crippen LogP contribution in [0.3, 0.4) is 0 Å². The Morgan fingerprint density at radius 3 is 2.73 bits per heavy atom. The van der Waals surface area contributed by atoms with Crippen LogP contribution in [0.1, 0.15) is 56.6 Å². The maximum atomic E-state index is 14.5. The van der Waals surface area contributed by atoms with Gasteiger partial charge in [0.2, 0.25) is 5.91 Å². The summed E-state index contributed by atoms with van der Waals surface area (Å²) >= 11 is 0. The molecule has 3 heterocycles. The third-order valence-corrected chi connectivity index (χ3v) is 8.13. The van der Waals surface area contributed by atoms with Crippen LogP contribution in [0.2, 0.25) is 0 Å². The lowest BCUT2D eigenvalue weighted by molar-refractivity contribution is -0.154. The molecule has 37 heavy (non-hydrogen) atoms. The summed E-state index contributed by atoms with van der Waals surface area (Å²) in [7, 11) is 0. The number of aryl methyl sites for hydroxylation is 2. The van der Waals surface area contributed by atoms with Gasteiger partial charge in [0.05, 0.1) is 24.5 Å². The molecule has 3 aliphatic rings. The predicted molar refractivity (Wildman–Crippen MR) is 140 cm³/mol. The number of carbonyl (C=O) groups is 3. The Kier molecular flexibility index (Phi) is 8.39. The third kappa shape index (κ3) is 4.81. The first-order valence-corrected chi connectivity index (χ1v) is 13.6. The van der Waals surface area contributed by atoms with Crippen LogP contribution in [0.15, 0.2) is 30.9 Å². The first-order chi connectivity index (χ1) is 17.8. The number of unbranched alkanes of at least 4 members (excludes halogenated alkanes) is 3. The van der Waals surface area contributed by atoms with Crippen LogP contribution >= 0.6 is 0 Å². The second-order valence-corrected chi connectivity index (χ2v) is 10.5. The van der Waals surface area contributed by atoms with E-state index < -0.39 is 35.6 Å². The number of anilines is 1. The van der Waals surface area contributed by atoms with Crippen LogP contribution in [0.4, 0.5) is 5.69 Å². The van der Waals surface area contributed by atoms with Gasteiger partial charge in [0.25, 0.3) is 5.91 Å². The summed E-state index contributed by atoms with van der Waals surface area (Å²) in [6.07, 6.45) is 5.54. The number of aliphatic hydroxyl groups is 1. The van der Waals surface area contributed by atoms with Gasteiger partial charge in [0.1, 0.15) is 11.6 Å².